The first kappa shape index (κ1) is 36.5. The summed E-state index contributed by atoms with van der Waals surface area (Å²) >= 11 is 0. The highest BCUT2D eigenvalue weighted by Crippen LogP contribution is 2.34. The number of carbonyl (C=O) groups excluding carboxylic acids is 6. The molecule has 5 atom stereocenters. The minimum Gasteiger partial charge on any atom is -0.467 e. The Balaban J connectivity index is 2.42. The molecule has 2 N–H and O–H groups in total. The highest BCUT2D eigenvalue weighted by molar-refractivity contribution is 5.95. The summed E-state index contributed by atoms with van der Waals surface area (Å²) in [5, 5.41) is 12.3. The van der Waals surface area contributed by atoms with Gasteiger partial charge in [0.05, 0.1) is 39.0 Å². The number of nitrogens with one attached hydrogen (secondary N) is 1. The predicted molar refractivity (Wildman–Crippen MR) is 151 cm³/mol. The zero-order chi connectivity index (χ0) is 33.7. The average Bonchev–Trinajstić information content (AvgIpc) is 2.97. The third-order valence-electron chi connectivity index (χ3n) is 6.03. The number of esters is 4. The van der Waals surface area contributed by atoms with Crippen molar-refractivity contribution in [3.8, 4) is 18.1 Å². The molecule has 2 rings (SSSR count). The summed E-state index contributed by atoms with van der Waals surface area (Å²) in [6, 6.07) is 4.16. The minimum atomic E-state index is -1.71. The Morgan fingerprint density at radius 3 is 2.20 bits per heavy atom. The van der Waals surface area contributed by atoms with Gasteiger partial charge in [0.25, 0.3) is 0 Å². The first-order valence-electron chi connectivity index (χ1n) is 13.5. The minimum absolute atomic E-state index is 0.00399. The van der Waals surface area contributed by atoms with Crippen LogP contribution in [0, 0.1) is 12.3 Å². The van der Waals surface area contributed by atoms with E-state index in [0.717, 1.165) is 32.8 Å². The van der Waals surface area contributed by atoms with Gasteiger partial charge in [-0.05, 0) is 17.7 Å². The van der Waals surface area contributed by atoms with Crippen LogP contribution >= 0.6 is 0 Å². The fraction of sp³-hybridized carbons (Fsp3) is 0.517. The third kappa shape index (κ3) is 11.1. The Hall–Kier alpha value is -4.72. The lowest BCUT2D eigenvalue weighted by Gasteiger charge is -2.43. The number of amides is 2. The summed E-state index contributed by atoms with van der Waals surface area (Å²) in [6.07, 6.45) is -3.13. The number of aliphatic hydroxyl groups excluding tert-OH is 1. The maximum atomic E-state index is 12.9. The number of ether oxygens (including phenoxy) is 7. The summed E-state index contributed by atoms with van der Waals surface area (Å²) < 4.78 is 37.5. The maximum absolute atomic E-state index is 12.9. The van der Waals surface area contributed by atoms with E-state index in [-0.39, 0.29) is 37.6 Å². The van der Waals surface area contributed by atoms with Gasteiger partial charge in [0.15, 0.2) is 18.3 Å². The number of carbonyl (C=O) groups is 6. The molecular weight excluding hydrogens is 600 g/mol. The van der Waals surface area contributed by atoms with E-state index in [0.29, 0.717) is 5.56 Å². The monoisotopic (exact) mass is 636 g/mol. The number of methoxy groups -OCH3 is 1. The number of likely N-dealkylation sites (N-methyl/N-ethyl adjacent to an activating group) is 1. The first-order valence-corrected chi connectivity index (χ1v) is 13.5. The Morgan fingerprint density at radius 1 is 1.00 bits per heavy atom. The molecule has 1 aromatic carbocycles. The lowest BCUT2D eigenvalue weighted by atomic mass is 9.97. The second-order valence-electron chi connectivity index (χ2n) is 9.58. The zero-order valence-electron chi connectivity index (χ0n) is 25.4. The molecule has 1 saturated heterocycles. The number of benzene rings is 1. The smallest absolute Gasteiger partial charge is 0.339 e. The third-order valence-corrected chi connectivity index (χ3v) is 6.03. The second-order valence-corrected chi connectivity index (χ2v) is 9.58. The van der Waals surface area contributed by atoms with Crippen LogP contribution in [0.5, 0.6) is 5.75 Å². The van der Waals surface area contributed by atoms with Gasteiger partial charge in [0, 0.05) is 27.8 Å². The van der Waals surface area contributed by atoms with E-state index < -0.39 is 73.0 Å². The molecule has 1 aromatic rings. The molecule has 0 aromatic heterocycles. The van der Waals surface area contributed by atoms with Crippen molar-refractivity contribution < 1.29 is 67.0 Å². The number of anilines is 1. The van der Waals surface area contributed by atoms with E-state index in [9.17, 15) is 33.9 Å². The van der Waals surface area contributed by atoms with E-state index in [4.69, 9.17) is 39.6 Å². The van der Waals surface area contributed by atoms with Crippen LogP contribution in [0.3, 0.4) is 0 Å². The van der Waals surface area contributed by atoms with Gasteiger partial charge < -0.3 is 48.5 Å². The number of aliphatic hydroxyl groups is 1. The van der Waals surface area contributed by atoms with Crippen LogP contribution in [0.1, 0.15) is 32.8 Å². The van der Waals surface area contributed by atoms with Crippen LogP contribution in [-0.4, -0.2) is 110 Å². The molecule has 0 radical (unpaired) electrons. The number of terminal acetylenes is 1. The SMILES string of the molecule is C#CCOCCC(=O)N(C)CC(=O)Nc1cc(CO)ccc1O[C@@H]1OC(C(=O)OC)[C@@H](OC(C)=O)C(OC(C)=O)C1OC(C)=O. The van der Waals surface area contributed by atoms with Gasteiger partial charge in [-0.2, -0.15) is 0 Å². The fourth-order valence-corrected chi connectivity index (χ4v) is 4.15. The van der Waals surface area contributed by atoms with E-state index in [1.807, 2.05) is 0 Å². The van der Waals surface area contributed by atoms with Crippen LogP contribution in [-0.2, 0) is 63.8 Å². The molecule has 1 aliphatic heterocycles. The van der Waals surface area contributed by atoms with Crippen molar-refractivity contribution in [3.05, 3.63) is 23.8 Å². The van der Waals surface area contributed by atoms with E-state index in [1.54, 1.807) is 0 Å². The van der Waals surface area contributed by atoms with E-state index in [2.05, 4.69) is 11.2 Å². The molecule has 0 bridgehead atoms. The van der Waals surface area contributed by atoms with Crippen LogP contribution in [0.2, 0.25) is 0 Å². The van der Waals surface area contributed by atoms with E-state index >= 15 is 0 Å². The topological polar surface area (TPSA) is 203 Å². The molecule has 1 aliphatic rings. The lowest BCUT2D eigenvalue weighted by molar-refractivity contribution is -0.282. The molecule has 16 nitrogen and oxygen atoms in total. The quantitative estimate of drug-likeness (QED) is 0.116. The highest BCUT2D eigenvalue weighted by Gasteiger charge is 2.56. The van der Waals surface area contributed by atoms with Gasteiger partial charge >= 0.3 is 23.9 Å². The summed E-state index contributed by atoms with van der Waals surface area (Å²) in [4.78, 5) is 75.1. The molecule has 1 heterocycles. The molecule has 3 unspecified atom stereocenters. The number of nitrogens with zero attached hydrogens (tertiary/aromatic N) is 1. The maximum Gasteiger partial charge on any atom is 0.339 e. The van der Waals surface area contributed by atoms with Crippen molar-refractivity contribution >= 4 is 41.4 Å². The van der Waals surface area contributed by atoms with Gasteiger partial charge in [-0.15, -0.1) is 6.42 Å². The Labute approximate surface area is 259 Å². The van der Waals surface area contributed by atoms with Crippen molar-refractivity contribution in [3.63, 3.8) is 0 Å². The Kier molecular flexibility index (Phi) is 14.2. The molecule has 2 amide bonds. The van der Waals surface area contributed by atoms with Crippen LogP contribution < -0.4 is 10.1 Å². The van der Waals surface area contributed by atoms with Crippen molar-refractivity contribution in [1.82, 2.24) is 4.90 Å². The van der Waals surface area contributed by atoms with Crippen LogP contribution in [0.25, 0.3) is 0 Å². The molecular formula is C29H36N2O14. The molecule has 246 valence electrons. The summed E-state index contributed by atoms with van der Waals surface area (Å²) in [7, 11) is 2.45. The summed E-state index contributed by atoms with van der Waals surface area (Å²) in [6.45, 7) is 2.44. The predicted octanol–water partition coefficient (Wildman–Crippen LogP) is -0.312. The molecule has 0 aliphatic carbocycles. The Bertz CT molecular complexity index is 1290. The Morgan fingerprint density at radius 2 is 1.62 bits per heavy atom. The van der Waals surface area contributed by atoms with Gasteiger partial charge in [-0.3, -0.25) is 24.0 Å². The molecule has 0 spiro atoms. The molecule has 16 heteroatoms. The van der Waals surface area contributed by atoms with Gasteiger partial charge in [-0.1, -0.05) is 12.0 Å². The van der Waals surface area contributed by atoms with Crippen molar-refractivity contribution in [2.24, 2.45) is 0 Å². The molecule has 0 saturated carbocycles. The molecule has 45 heavy (non-hydrogen) atoms. The zero-order valence-corrected chi connectivity index (χ0v) is 25.4. The average molecular weight is 637 g/mol. The first-order chi connectivity index (χ1) is 21.3. The number of rotatable bonds is 14. The van der Waals surface area contributed by atoms with Crippen molar-refractivity contribution in [1.29, 1.82) is 0 Å². The fourth-order valence-electron chi connectivity index (χ4n) is 4.15. The van der Waals surface area contributed by atoms with Crippen LogP contribution in [0.4, 0.5) is 5.69 Å². The van der Waals surface area contributed by atoms with Gasteiger partial charge in [-0.25, -0.2) is 4.79 Å². The normalized spacial score (nSPS) is 20.5. The van der Waals surface area contributed by atoms with E-state index in [1.165, 1.54) is 25.2 Å². The number of hydrogen-bond acceptors (Lipinski definition) is 14. The largest absolute Gasteiger partial charge is 0.467 e. The number of hydrogen-bond donors (Lipinski definition) is 2. The summed E-state index contributed by atoms with van der Waals surface area (Å²) in [5.41, 5.74) is 0.352. The summed E-state index contributed by atoms with van der Waals surface area (Å²) in [5.74, 6) is -2.52. The lowest BCUT2D eigenvalue weighted by Crippen LogP contribution is -2.64. The standard InChI is InChI=1S/C29H36N2O14/c1-7-11-40-12-10-23(37)31(5)14-22(36)30-20-13-19(15-32)8-9-21(20)44-29-27(43-18(4)35)25(42-17(3)34)24(41-16(2)33)26(45-29)28(38)39-6/h1,8-9,13,24-27,29,32H,10-12,14-15H2,2-6H3,(H,30,36)/t24-,25?,26?,27?,29+/m0/s1. The van der Waals surface area contributed by atoms with Crippen LogP contribution in [0.15, 0.2) is 18.2 Å². The van der Waals surface area contributed by atoms with Crippen molar-refractivity contribution in [2.45, 2.75) is 64.5 Å². The molecule has 1 fully saturated rings. The van der Waals surface area contributed by atoms with Gasteiger partial charge in [0.1, 0.15) is 12.4 Å². The highest BCUT2D eigenvalue weighted by atomic mass is 16.7. The van der Waals surface area contributed by atoms with Crippen molar-refractivity contribution in [2.75, 3.05) is 39.2 Å². The second kappa shape index (κ2) is 17.5. The van der Waals surface area contributed by atoms with Gasteiger partial charge in [0.2, 0.25) is 24.2 Å².